The van der Waals surface area contributed by atoms with Crippen LogP contribution in [0.4, 0.5) is 0 Å². The number of rotatable bonds is 3. The first-order valence-electron chi connectivity index (χ1n) is 3.44. The van der Waals surface area contributed by atoms with Gasteiger partial charge in [0.2, 0.25) is 0 Å². The number of hydrogen-bond donors (Lipinski definition) is 0. The fourth-order valence-corrected chi connectivity index (χ4v) is 1.59. The lowest BCUT2D eigenvalue weighted by molar-refractivity contribution is -0.135. The van der Waals surface area contributed by atoms with Crippen LogP contribution in [0.15, 0.2) is 11.4 Å². The van der Waals surface area contributed by atoms with Gasteiger partial charge >= 0.3 is 5.97 Å². The third-order valence-corrected chi connectivity index (χ3v) is 2.32. The second-order valence-electron chi connectivity index (χ2n) is 2.14. The monoisotopic (exact) mass is 200 g/mol. The minimum Gasteiger partial charge on any atom is -0.495 e. The van der Waals surface area contributed by atoms with E-state index in [1.165, 1.54) is 14.2 Å². The third kappa shape index (κ3) is 1.86. The maximum atomic E-state index is 11.3. The van der Waals surface area contributed by atoms with E-state index in [0.717, 1.165) is 11.3 Å². The lowest BCUT2D eigenvalue weighted by Crippen LogP contribution is -2.14. The second-order valence-corrected chi connectivity index (χ2v) is 3.05. The Morgan fingerprint density at radius 1 is 1.38 bits per heavy atom. The van der Waals surface area contributed by atoms with Gasteiger partial charge in [0.15, 0.2) is 0 Å². The van der Waals surface area contributed by atoms with E-state index in [9.17, 15) is 9.59 Å². The summed E-state index contributed by atoms with van der Waals surface area (Å²) in [6.07, 6.45) is 0. The summed E-state index contributed by atoms with van der Waals surface area (Å²) >= 11 is 1.15. The van der Waals surface area contributed by atoms with Crippen molar-refractivity contribution in [1.29, 1.82) is 0 Å². The summed E-state index contributed by atoms with van der Waals surface area (Å²) in [5.74, 6) is -1.14. The number of thiophene rings is 1. The van der Waals surface area contributed by atoms with Crippen LogP contribution in [0.1, 0.15) is 9.67 Å². The molecule has 5 heteroatoms. The van der Waals surface area contributed by atoms with Crippen molar-refractivity contribution < 1.29 is 19.1 Å². The number of Topliss-reactive ketones (excluding diaryl/α,β-unsaturated/α-hetero) is 1. The number of carbonyl (C=O) groups excluding carboxylic acids is 2. The molecular weight excluding hydrogens is 192 g/mol. The number of ketones is 1. The zero-order valence-corrected chi connectivity index (χ0v) is 8.01. The van der Waals surface area contributed by atoms with Crippen molar-refractivity contribution in [2.45, 2.75) is 0 Å². The average molecular weight is 200 g/mol. The quantitative estimate of drug-likeness (QED) is 0.416. The summed E-state index contributed by atoms with van der Waals surface area (Å²) in [7, 11) is 2.61. The Morgan fingerprint density at radius 2 is 2.08 bits per heavy atom. The maximum Gasteiger partial charge on any atom is 0.380 e. The van der Waals surface area contributed by atoms with Gasteiger partial charge in [-0.2, -0.15) is 0 Å². The van der Waals surface area contributed by atoms with Crippen LogP contribution in [0.3, 0.4) is 0 Å². The standard InChI is InChI=1S/C8H8O4S/c1-11-5-3-4-13-7(5)6(9)8(10)12-2/h3-4H,1-2H3. The van der Waals surface area contributed by atoms with Gasteiger partial charge < -0.3 is 9.47 Å². The molecule has 0 spiro atoms. The highest BCUT2D eigenvalue weighted by Crippen LogP contribution is 2.24. The fourth-order valence-electron chi connectivity index (χ4n) is 0.809. The van der Waals surface area contributed by atoms with Crippen molar-refractivity contribution in [2.75, 3.05) is 14.2 Å². The van der Waals surface area contributed by atoms with Crippen molar-refractivity contribution in [3.63, 3.8) is 0 Å². The van der Waals surface area contributed by atoms with Gasteiger partial charge in [0.05, 0.1) is 14.2 Å². The molecule has 1 rings (SSSR count). The largest absolute Gasteiger partial charge is 0.495 e. The molecule has 0 atom stereocenters. The SMILES string of the molecule is COC(=O)C(=O)c1sccc1OC. The summed E-state index contributed by atoms with van der Waals surface area (Å²) in [5.41, 5.74) is 0. The molecule has 0 aliphatic rings. The van der Waals surface area contributed by atoms with E-state index in [0.29, 0.717) is 5.75 Å². The number of hydrogen-bond acceptors (Lipinski definition) is 5. The predicted molar refractivity (Wildman–Crippen MR) is 47.2 cm³/mol. The first kappa shape index (κ1) is 9.73. The van der Waals surface area contributed by atoms with Crippen LogP contribution in [-0.4, -0.2) is 26.0 Å². The fraction of sp³-hybridized carbons (Fsp3) is 0.250. The molecule has 13 heavy (non-hydrogen) atoms. The molecule has 0 amide bonds. The Morgan fingerprint density at radius 3 is 2.62 bits per heavy atom. The molecule has 1 aromatic rings. The van der Waals surface area contributed by atoms with Gasteiger partial charge in [-0.1, -0.05) is 0 Å². The minimum absolute atomic E-state index is 0.273. The van der Waals surface area contributed by atoms with Crippen LogP contribution in [0.5, 0.6) is 5.75 Å². The molecule has 1 heterocycles. The van der Waals surface area contributed by atoms with Crippen LogP contribution in [0.2, 0.25) is 0 Å². The highest BCUT2D eigenvalue weighted by Gasteiger charge is 2.21. The molecule has 70 valence electrons. The molecule has 0 aliphatic heterocycles. The topological polar surface area (TPSA) is 52.6 Å². The predicted octanol–water partition coefficient (Wildman–Crippen LogP) is 1.11. The minimum atomic E-state index is -0.874. The summed E-state index contributed by atoms with van der Waals surface area (Å²) in [6.45, 7) is 0. The van der Waals surface area contributed by atoms with E-state index < -0.39 is 11.8 Å². The first-order chi connectivity index (χ1) is 6.20. The van der Waals surface area contributed by atoms with Crippen molar-refractivity contribution in [3.05, 3.63) is 16.3 Å². The molecule has 0 fully saturated rings. The van der Waals surface area contributed by atoms with Gasteiger partial charge in [-0.3, -0.25) is 4.79 Å². The molecular formula is C8H8O4S. The normalized spacial score (nSPS) is 9.38. The lowest BCUT2D eigenvalue weighted by Gasteiger charge is -1.99. The molecule has 0 saturated heterocycles. The lowest BCUT2D eigenvalue weighted by atomic mass is 10.3. The summed E-state index contributed by atoms with van der Waals surface area (Å²) in [6, 6.07) is 1.63. The molecule has 0 aromatic carbocycles. The highest BCUT2D eigenvalue weighted by atomic mass is 32.1. The van der Waals surface area contributed by atoms with E-state index in [1.54, 1.807) is 11.4 Å². The molecule has 4 nitrogen and oxygen atoms in total. The highest BCUT2D eigenvalue weighted by molar-refractivity contribution is 7.13. The first-order valence-corrected chi connectivity index (χ1v) is 4.32. The van der Waals surface area contributed by atoms with Crippen molar-refractivity contribution in [3.8, 4) is 5.75 Å². The van der Waals surface area contributed by atoms with Crippen molar-refractivity contribution in [2.24, 2.45) is 0 Å². The van der Waals surface area contributed by atoms with Crippen LogP contribution < -0.4 is 4.74 Å². The Kier molecular flexibility index (Phi) is 3.02. The van der Waals surface area contributed by atoms with Crippen LogP contribution in [0, 0.1) is 0 Å². The summed E-state index contributed by atoms with van der Waals surface area (Å²) in [4.78, 5) is 22.4. The number of carbonyl (C=O) groups is 2. The molecule has 1 aromatic heterocycles. The summed E-state index contributed by atoms with van der Waals surface area (Å²) in [5, 5.41) is 1.68. The zero-order valence-electron chi connectivity index (χ0n) is 7.20. The van der Waals surface area contributed by atoms with Gasteiger partial charge in [-0.25, -0.2) is 4.79 Å². The summed E-state index contributed by atoms with van der Waals surface area (Å²) < 4.78 is 9.18. The third-order valence-electron chi connectivity index (χ3n) is 1.43. The molecule has 0 N–H and O–H groups in total. The Balaban J connectivity index is 2.94. The van der Waals surface area contributed by atoms with Gasteiger partial charge in [-0.05, 0) is 11.4 Å². The number of ether oxygens (including phenoxy) is 2. The molecule has 0 unspecified atom stereocenters. The number of methoxy groups -OCH3 is 2. The second kappa shape index (κ2) is 4.04. The van der Waals surface area contributed by atoms with E-state index in [2.05, 4.69) is 4.74 Å². The van der Waals surface area contributed by atoms with Crippen LogP contribution >= 0.6 is 11.3 Å². The van der Waals surface area contributed by atoms with Crippen LogP contribution in [-0.2, 0) is 9.53 Å². The molecule has 0 bridgehead atoms. The average Bonchev–Trinajstić information content (AvgIpc) is 2.62. The zero-order chi connectivity index (χ0) is 9.84. The Labute approximate surface area is 79.1 Å². The molecule has 0 radical (unpaired) electrons. The molecule has 0 saturated carbocycles. The Bertz CT molecular complexity index is 329. The van der Waals surface area contributed by atoms with Gasteiger partial charge in [-0.15, -0.1) is 11.3 Å². The van der Waals surface area contributed by atoms with E-state index in [1.807, 2.05) is 0 Å². The smallest absolute Gasteiger partial charge is 0.380 e. The van der Waals surface area contributed by atoms with E-state index in [-0.39, 0.29) is 4.88 Å². The van der Waals surface area contributed by atoms with Crippen molar-refractivity contribution >= 4 is 23.1 Å². The van der Waals surface area contributed by atoms with Crippen molar-refractivity contribution in [1.82, 2.24) is 0 Å². The van der Waals surface area contributed by atoms with E-state index in [4.69, 9.17) is 4.74 Å². The maximum absolute atomic E-state index is 11.3. The van der Waals surface area contributed by atoms with Gasteiger partial charge in [0, 0.05) is 0 Å². The van der Waals surface area contributed by atoms with Gasteiger partial charge in [0.25, 0.3) is 5.78 Å². The number of esters is 1. The van der Waals surface area contributed by atoms with Crippen LogP contribution in [0.25, 0.3) is 0 Å². The Hall–Kier alpha value is -1.36. The van der Waals surface area contributed by atoms with Gasteiger partial charge in [0.1, 0.15) is 10.6 Å². The molecule has 0 aliphatic carbocycles. The van der Waals surface area contributed by atoms with E-state index >= 15 is 0 Å².